The molecule has 4 nitrogen and oxygen atoms in total. The largest absolute Gasteiger partial charge is 0.267 e. The number of aromatic nitrogens is 1. The van der Waals surface area contributed by atoms with Crippen molar-refractivity contribution in [2.75, 3.05) is 4.72 Å². The second-order valence-electron chi connectivity index (χ2n) is 3.92. The quantitative estimate of drug-likeness (QED) is 0.850. The maximum Gasteiger partial charge on any atom is 0.236 e. The van der Waals surface area contributed by atoms with Gasteiger partial charge in [-0.2, -0.15) is 0 Å². The summed E-state index contributed by atoms with van der Waals surface area (Å²) < 4.78 is 27.4. The molecule has 2 rings (SSSR count). The fraction of sp³-hybridized carbons (Fsp3) is 0.500. The highest BCUT2D eigenvalue weighted by Gasteiger charge is 2.28. The molecular weight excluding hydrogens is 339 g/mol. The Labute approximate surface area is 109 Å². The lowest BCUT2D eigenvalue weighted by atomic mass is 10.4. The van der Waals surface area contributed by atoms with Crippen LogP contribution in [0.5, 0.6) is 0 Å². The van der Waals surface area contributed by atoms with Crippen LogP contribution in [-0.2, 0) is 10.0 Å². The Kier molecular flexibility index (Phi) is 3.68. The fourth-order valence-electron chi connectivity index (χ4n) is 1.86. The number of nitrogens with zero attached hydrogens (tertiary/aromatic N) is 1. The van der Waals surface area contributed by atoms with Gasteiger partial charge in [0.05, 0.1) is 5.25 Å². The van der Waals surface area contributed by atoms with Gasteiger partial charge in [-0.25, -0.2) is 13.4 Å². The molecule has 0 radical (unpaired) electrons. The molecule has 1 aliphatic rings. The lowest BCUT2D eigenvalue weighted by Gasteiger charge is -2.12. The molecule has 1 aliphatic carbocycles. The van der Waals surface area contributed by atoms with E-state index in [9.17, 15) is 8.42 Å². The highest BCUT2D eigenvalue weighted by molar-refractivity contribution is 14.1. The summed E-state index contributed by atoms with van der Waals surface area (Å²) in [7, 11) is -3.24. The number of hydrogen-bond acceptors (Lipinski definition) is 3. The van der Waals surface area contributed by atoms with Gasteiger partial charge in [0, 0.05) is 9.77 Å². The molecule has 0 atom stereocenters. The van der Waals surface area contributed by atoms with Crippen molar-refractivity contribution in [1.29, 1.82) is 0 Å². The normalized spacial score (nSPS) is 17.6. The SMILES string of the molecule is O=S(=O)(Nc1ccc(I)cn1)C1CCCC1. The summed E-state index contributed by atoms with van der Waals surface area (Å²) in [6, 6.07) is 3.52. The summed E-state index contributed by atoms with van der Waals surface area (Å²) >= 11 is 2.13. The van der Waals surface area contributed by atoms with Crippen molar-refractivity contribution in [1.82, 2.24) is 4.98 Å². The summed E-state index contributed by atoms with van der Waals surface area (Å²) in [5, 5.41) is -0.242. The Morgan fingerprint density at radius 2 is 2.00 bits per heavy atom. The number of hydrogen-bond donors (Lipinski definition) is 1. The second-order valence-corrected chi connectivity index (χ2v) is 7.12. The van der Waals surface area contributed by atoms with E-state index in [-0.39, 0.29) is 5.25 Å². The maximum atomic E-state index is 11.9. The van der Waals surface area contributed by atoms with Crippen LogP contribution in [0, 0.1) is 3.57 Å². The van der Waals surface area contributed by atoms with Gasteiger partial charge in [-0.05, 0) is 47.6 Å². The van der Waals surface area contributed by atoms with Gasteiger partial charge in [0.25, 0.3) is 0 Å². The van der Waals surface area contributed by atoms with E-state index < -0.39 is 10.0 Å². The van der Waals surface area contributed by atoms with E-state index in [0.29, 0.717) is 5.82 Å². The third-order valence-corrected chi connectivity index (χ3v) is 5.20. The van der Waals surface area contributed by atoms with Crippen molar-refractivity contribution in [2.24, 2.45) is 0 Å². The summed E-state index contributed by atoms with van der Waals surface area (Å²) in [4.78, 5) is 4.04. The van der Waals surface area contributed by atoms with Gasteiger partial charge in [0.2, 0.25) is 10.0 Å². The van der Waals surface area contributed by atoms with Crippen LogP contribution < -0.4 is 4.72 Å². The Bertz CT molecular complexity index is 452. The summed E-state index contributed by atoms with van der Waals surface area (Å²) in [5.41, 5.74) is 0. The van der Waals surface area contributed by atoms with Crippen molar-refractivity contribution < 1.29 is 8.42 Å². The molecule has 0 amide bonds. The van der Waals surface area contributed by atoms with E-state index in [1.807, 2.05) is 6.07 Å². The van der Waals surface area contributed by atoms with Crippen molar-refractivity contribution in [3.63, 3.8) is 0 Å². The average molecular weight is 352 g/mol. The van der Waals surface area contributed by atoms with E-state index in [1.165, 1.54) is 0 Å². The van der Waals surface area contributed by atoms with Crippen molar-refractivity contribution in [3.05, 3.63) is 21.9 Å². The van der Waals surface area contributed by atoms with Crippen molar-refractivity contribution in [3.8, 4) is 0 Å². The van der Waals surface area contributed by atoms with Crippen LogP contribution in [0.15, 0.2) is 18.3 Å². The zero-order chi connectivity index (χ0) is 11.6. The zero-order valence-electron chi connectivity index (χ0n) is 8.69. The molecule has 16 heavy (non-hydrogen) atoms. The second kappa shape index (κ2) is 4.87. The molecule has 0 aromatic carbocycles. The number of rotatable bonds is 3. The first kappa shape index (κ1) is 12.1. The van der Waals surface area contributed by atoms with Crippen LogP contribution in [0.4, 0.5) is 5.82 Å². The van der Waals surface area contributed by atoms with Crippen LogP contribution in [-0.4, -0.2) is 18.7 Å². The number of nitrogens with one attached hydrogen (secondary N) is 1. The van der Waals surface area contributed by atoms with E-state index >= 15 is 0 Å². The van der Waals surface area contributed by atoms with E-state index in [1.54, 1.807) is 12.3 Å². The molecule has 1 aromatic heterocycles. The van der Waals surface area contributed by atoms with Crippen LogP contribution >= 0.6 is 22.6 Å². The third-order valence-electron chi connectivity index (χ3n) is 2.72. The maximum absolute atomic E-state index is 11.9. The lowest BCUT2D eigenvalue weighted by Crippen LogP contribution is -2.25. The van der Waals surface area contributed by atoms with E-state index in [2.05, 4.69) is 32.3 Å². The van der Waals surface area contributed by atoms with Gasteiger partial charge in [0.1, 0.15) is 5.82 Å². The van der Waals surface area contributed by atoms with Gasteiger partial charge in [0.15, 0.2) is 0 Å². The summed E-state index contributed by atoms with van der Waals surface area (Å²) in [6.07, 6.45) is 5.18. The first-order chi connectivity index (χ1) is 7.58. The van der Waals surface area contributed by atoms with Gasteiger partial charge in [-0.3, -0.25) is 4.72 Å². The molecule has 0 spiro atoms. The van der Waals surface area contributed by atoms with Crippen LogP contribution in [0.1, 0.15) is 25.7 Å². The smallest absolute Gasteiger partial charge is 0.236 e. The lowest BCUT2D eigenvalue weighted by molar-refractivity contribution is 0.585. The Morgan fingerprint density at radius 1 is 1.31 bits per heavy atom. The minimum absolute atomic E-state index is 0.242. The van der Waals surface area contributed by atoms with Gasteiger partial charge in [-0.15, -0.1) is 0 Å². The molecule has 88 valence electrons. The Balaban J connectivity index is 2.11. The molecule has 1 N–H and O–H groups in total. The number of halogens is 1. The van der Waals surface area contributed by atoms with E-state index in [0.717, 1.165) is 29.3 Å². The van der Waals surface area contributed by atoms with Crippen LogP contribution in [0.2, 0.25) is 0 Å². The molecule has 0 unspecified atom stereocenters. The van der Waals surface area contributed by atoms with Gasteiger partial charge in [-0.1, -0.05) is 12.8 Å². The molecule has 1 heterocycles. The molecular formula is C10H13IN2O2S. The highest BCUT2D eigenvalue weighted by atomic mass is 127. The number of anilines is 1. The van der Waals surface area contributed by atoms with Crippen LogP contribution in [0.3, 0.4) is 0 Å². The standard InChI is InChI=1S/C10H13IN2O2S/c11-8-5-6-10(12-7-8)13-16(14,15)9-3-1-2-4-9/h5-7,9H,1-4H2,(H,12,13). The molecule has 1 aromatic rings. The van der Waals surface area contributed by atoms with E-state index in [4.69, 9.17) is 0 Å². The first-order valence-electron chi connectivity index (χ1n) is 5.21. The molecule has 0 aliphatic heterocycles. The van der Waals surface area contributed by atoms with Gasteiger partial charge < -0.3 is 0 Å². The fourth-order valence-corrected chi connectivity index (χ4v) is 3.72. The minimum atomic E-state index is -3.24. The van der Waals surface area contributed by atoms with Crippen molar-refractivity contribution >= 4 is 38.4 Å². The average Bonchev–Trinajstić information content (AvgIpc) is 2.75. The Hall–Kier alpha value is -0.370. The predicted molar refractivity (Wildman–Crippen MR) is 71.8 cm³/mol. The molecule has 0 bridgehead atoms. The summed E-state index contributed by atoms with van der Waals surface area (Å²) in [6.45, 7) is 0. The predicted octanol–water partition coefficient (Wildman–Crippen LogP) is 2.37. The molecule has 1 saturated carbocycles. The number of pyridine rings is 1. The summed E-state index contributed by atoms with van der Waals surface area (Å²) in [5.74, 6) is 0.410. The first-order valence-corrected chi connectivity index (χ1v) is 7.83. The van der Waals surface area contributed by atoms with Gasteiger partial charge >= 0.3 is 0 Å². The molecule has 6 heteroatoms. The zero-order valence-corrected chi connectivity index (χ0v) is 11.7. The molecule has 1 fully saturated rings. The molecule has 0 saturated heterocycles. The minimum Gasteiger partial charge on any atom is -0.267 e. The highest BCUT2D eigenvalue weighted by Crippen LogP contribution is 2.25. The Morgan fingerprint density at radius 3 is 2.56 bits per heavy atom. The monoisotopic (exact) mass is 352 g/mol. The topological polar surface area (TPSA) is 59.1 Å². The van der Waals surface area contributed by atoms with Crippen LogP contribution in [0.25, 0.3) is 0 Å². The number of sulfonamides is 1. The van der Waals surface area contributed by atoms with Crippen molar-refractivity contribution in [2.45, 2.75) is 30.9 Å². The third kappa shape index (κ3) is 2.85.